The first kappa shape index (κ1) is 15.3. The summed E-state index contributed by atoms with van der Waals surface area (Å²) in [6.07, 6.45) is 8.13. The van der Waals surface area contributed by atoms with Gasteiger partial charge in [0.15, 0.2) is 5.84 Å². The third-order valence-electron chi connectivity index (χ3n) is 4.50. The van der Waals surface area contributed by atoms with E-state index in [9.17, 15) is 0 Å². The number of nitrogens with zero attached hydrogens (tertiary/aromatic N) is 4. The minimum atomic E-state index is 0.548. The number of hydrazine groups is 1. The Balaban J connectivity index is 1.62. The maximum atomic E-state index is 8.88. The lowest BCUT2D eigenvalue weighted by Crippen LogP contribution is -2.40. The van der Waals surface area contributed by atoms with Gasteiger partial charge < -0.3 is 4.90 Å². The van der Waals surface area contributed by atoms with Crippen molar-refractivity contribution in [2.24, 2.45) is 10.9 Å². The Bertz CT molecular complexity index is 685. The number of nitrogens with two attached hydrogens (primary N) is 1. The molecule has 0 aromatic heterocycles. The van der Waals surface area contributed by atoms with Crippen molar-refractivity contribution in [3.63, 3.8) is 0 Å². The first-order valence-electron chi connectivity index (χ1n) is 7.94. The highest BCUT2D eigenvalue weighted by atomic mass is 15.6. The summed E-state index contributed by atoms with van der Waals surface area (Å²) < 4.78 is 0. The van der Waals surface area contributed by atoms with Gasteiger partial charge in [-0.15, -0.1) is 5.10 Å². The average Bonchev–Trinajstić information content (AvgIpc) is 2.62. The number of hydrogen-bond donors (Lipinski definition) is 1. The van der Waals surface area contributed by atoms with Crippen LogP contribution in [0.25, 0.3) is 0 Å². The molecular formula is C18H21N5. The van der Waals surface area contributed by atoms with Crippen LogP contribution in [0.1, 0.15) is 36.8 Å². The van der Waals surface area contributed by atoms with Crippen molar-refractivity contribution in [1.82, 2.24) is 10.0 Å². The molecule has 1 fully saturated rings. The third-order valence-corrected chi connectivity index (χ3v) is 4.50. The van der Waals surface area contributed by atoms with Crippen LogP contribution in [0.4, 0.5) is 0 Å². The topological polar surface area (TPSA) is 68.7 Å². The third kappa shape index (κ3) is 3.27. The molecule has 0 amide bonds. The molecule has 23 heavy (non-hydrogen) atoms. The summed E-state index contributed by atoms with van der Waals surface area (Å²) in [6.45, 7) is 3.88. The van der Waals surface area contributed by atoms with Crippen molar-refractivity contribution < 1.29 is 0 Å². The molecule has 1 aromatic carbocycles. The number of piperidine rings is 1. The second-order valence-corrected chi connectivity index (χ2v) is 5.84. The molecule has 0 unspecified atom stereocenters. The number of benzene rings is 1. The fraction of sp³-hybridized carbons (Fsp3) is 0.333. The van der Waals surface area contributed by atoms with Crippen molar-refractivity contribution in [2.45, 2.75) is 25.7 Å². The van der Waals surface area contributed by atoms with Gasteiger partial charge in [-0.25, -0.2) is 5.84 Å². The van der Waals surface area contributed by atoms with Crippen molar-refractivity contribution in [1.29, 1.82) is 5.26 Å². The van der Waals surface area contributed by atoms with E-state index in [4.69, 9.17) is 11.1 Å². The normalized spacial score (nSPS) is 20.6. The highest BCUT2D eigenvalue weighted by molar-refractivity contribution is 5.94. The molecule has 0 saturated carbocycles. The molecule has 0 radical (unpaired) electrons. The number of allylic oxidation sites excluding steroid dienone is 2. The molecule has 5 nitrogen and oxygen atoms in total. The molecule has 2 aliphatic rings. The van der Waals surface area contributed by atoms with Gasteiger partial charge in [-0.3, -0.25) is 0 Å². The summed E-state index contributed by atoms with van der Waals surface area (Å²) in [5.41, 5.74) is 2.94. The first-order chi connectivity index (χ1) is 11.2. The van der Waals surface area contributed by atoms with E-state index in [-0.39, 0.29) is 0 Å². The second-order valence-electron chi connectivity index (χ2n) is 5.84. The summed E-state index contributed by atoms with van der Waals surface area (Å²) in [4.78, 5) is 2.28. The molecule has 3 rings (SSSR count). The predicted octanol–water partition coefficient (Wildman–Crippen LogP) is 2.70. The molecule has 0 bridgehead atoms. The lowest BCUT2D eigenvalue weighted by molar-refractivity contribution is 0.299. The summed E-state index contributed by atoms with van der Waals surface area (Å²) in [7, 11) is 0. The molecule has 2 N–H and O–H groups in total. The van der Waals surface area contributed by atoms with Gasteiger partial charge in [-0.2, -0.15) is 10.4 Å². The lowest BCUT2D eigenvalue weighted by Gasteiger charge is -2.35. The molecule has 0 spiro atoms. The minimum Gasteiger partial charge on any atom is -0.355 e. The Morgan fingerprint density at radius 3 is 2.48 bits per heavy atom. The maximum Gasteiger partial charge on any atom is 0.150 e. The molecule has 1 saturated heterocycles. The minimum absolute atomic E-state index is 0.548. The van der Waals surface area contributed by atoms with E-state index >= 15 is 0 Å². The number of rotatable bonds is 1. The van der Waals surface area contributed by atoms with Crippen molar-refractivity contribution in [2.75, 3.05) is 13.1 Å². The van der Waals surface area contributed by atoms with Crippen LogP contribution in [0.5, 0.6) is 0 Å². The van der Waals surface area contributed by atoms with Gasteiger partial charge in [0.2, 0.25) is 0 Å². The quantitative estimate of drug-likeness (QED) is 0.810. The molecule has 0 atom stereocenters. The largest absolute Gasteiger partial charge is 0.355 e. The molecule has 2 aliphatic heterocycles. The monoisotopic (exact) mass is 307 g/mol. The zero-order chi connectivity index (χ0) is 16.2. The molecule has 5 heteroatoms. The number of likely N-dealkylation sites (tertiary alicyclic amines) is 1. The Kier molecular flexibility index (Phi) is 4.45. The SMILES string of the molecule is C/C=C1\C=CC(N2CCC(c3ccc(C#N)cc3)CC2)=NN1N. The fourth-order valence-corrected chi connectivity index (χ4v) is 3.11. The Labute approximate surface area is 137 Å². The predicted molar refractivity (Wildman–Crippen MR) is 91.1 cm³/mol. The number of hydrazone groups is 1. The van der Waals surface area contributed by atoms with Crippen molar-refractivity contribution in [3.8, 4) is 6.07 Å². The van der Waals surface area contributed by atoms with Crippen molar-refractivity contribution >= 4 is 5.84 Å². The number of nitriles is 1. The van der Waals surface area contributed by atoms with Crippen LogP contribution in [0, 0.1) is 11.3 Å². The van der Waals surface area contributed by atoms with Crippen LogP contribution < -0.4 is 5.84 Å². The van der Waals surface area contributed by atoms with Gasteiger partial charge in [0.1, 0.15) is 0 Å². The fourth-order valence-electron chi connectivity index (χ4n) is 3.11. The Hall–Kier alpha value is -2.58. The van der Waals surface area contributed by atoms with E-state index in [2.05, 4.69) is 28.2 Å². The van der Waals surface area contributed by atoms with Crippen LogP contribution in [-0.2, 0) is 0 Å². The average molecular weight is 307 g/mol. The lowest BCUT2D eigenvalue weighted by atomic mass is 9.89. The van der Waals surface area contributed by atoms with E-state index in [0.717, 1.165) is 43.0 Å². The van der Waals surface area contributed by atoms with E-state index in [1.165, 1.54) is 10.7 Å². The van der Waals surface area contributed by atoms with E-state index in [1.54, 1.807) is 0 Å². The van der Waals surface area contributed by atoms with E-state index < -0.39 is 0 Å². The summed E-state index contributed by atoms with van der Waals surface area (Å²) >= 11 is 0. The van der Waals surface area contributed by atoms with Crippen LogP contribution in [0.3, 0.4) is 0 Å². The zero-order valence-corrected chi connectivity index (χ0v) is 13.3. The van der Waals surface area contributed by atoms with Crippen LogP contribution >= 0.6 is 0 Å². The van der Waals surface area contributed by atoms with E-state index in [1.807, 2.05) is 37.3 Å². The van der Waals surface area contributed by atoms with Crippen LogP contribution in [0.2, 0.25) is 0 Å². The zero-order valence-electron chi connectivity index (χ0n) is 13.3. The first-order valence-corrected chi connectivity index (χ1v) is 7.94. The van der Waals surface area contributed by atoms with Gasteiger partial charge in [-0.1, -0.05) is 18.2 Å². The van der Waals surface area contributed by atoms with Gasteiger partial charge in [-0.05, 0) is 55.5 Å². The number of amidine groups is 1. The molecule has 118 valence electrons. The second kappa shape index (κ2) is 6.67. The highest BCUT2D eigenvalue weighted by Gasteiger charge is 2.23. The summed E-state index contributed by atoms with van der Waals surface area (Å²) in [5, 5.41) is 14.8. The van der Waals surface area contributed by atoms with Gasteiger partial charge in [0.25, 0.3) is 0 Å². The van der Waals surface area contributed by atoms with Gasteiger partial charge >= 0.3 is 0 Å². The Morgan fingerprint density at radius 1 is 1.22 bits per heavy atom. The van der Waals surface area contributed by atoms with Gasteiger partial charge in [0.05, 0.1) is 17.3 Å². The van der Waals surface area contributed by atoms with Crippen LogP contribution in [-0.4, -0.2) is 28.9 Å². The highest BCUT2D eigenvalue weighted by Crippen LogP contribution is 2.28. The Morgan fingerprint density at radius 2 is 1.91 bits per heavy atom. The molecule has 1 aromatic rings. The molecular weight excluding hydrogens is 286 g/mol. The van der Waals surface area contributed by atoms with Crippen molar-refractivity contribution in [3.05, 3.63) is 59.3 Å². The van der Waals surface area contributed by atoms with E-state index in [0.29, 0.717) is 5.92 Å². The maximum absolute atomic E-state index is 8.88. The smallest absolute Gasteiger partial charge is 0.150 e. The standard InChI is InChI=1S/C18H21N5/c1-2-17-7-8-18(21-23(17)20)22-11-9-16(10-12-22)15-5-3-14(13-19)4-6-15/h2-8,16H,9-12,20H2,1H3/b17-2+. The summed E-state index contributed by atoms with van der Waals surface area (Å²) in [5.74, 6) is 7.38. The van der Waals surface area contributed by atoms with Crippen LogP contribution in [0.15, 0.2) is 53.3 Å². The molecule has 2 heterocycles. The number of hydrogen-bond acceptors (Lipinski definition) is 5. The molecule has 0 aliphatic carbocycles. The van der Waals surface area contributed by atoms with Gasteiger partial charge in [0, 0.05) is 13.1 Å². The summed E-state index contributed by atoms with van der Waals surface area (Å²) in [6, 6.07) is 10.1.